The van der Waals surface area contributed by atoms with Crippen molar-refractivity contribution < 1.29 is 14.6 Å². The van der Waals surface area contributed by atoms with Crippen LogP contribution in [-0.4, -0.2) is 53.9 Å². The highest BCUT2D eigenvalue weighted by Crippen LogP contribution is 2.33. The lowest BCUT2D eigenvalue weighted by Crippen LogP contribution is -2.47. The molecule has 1 amide bonds. The van der Waals surface area contributed by atoms with Crippen LogP contribution in [0.25, 0.3) is 6.08 Å². The number of aliphatic imine (C=N–C) groups is 1. The largest absolute Gasteiger partial charge is 0.504 e. The summed E-state index contributed by atoms with van der Waals surface area (Å²) in [6.45, 7) is 5.77. The molecule has 0 aromatic heterocycles. The first-order valence-electron chi connectivity index (χ1n) is 9.67. The summed E-state index contributed by atoms with van der Waals surface area (Å²) in [5, 5.41) is 10.6. The Balaban J connectivity index is 1.41. The second-order valence-electron chi connectivity index (χ2n) is 6.78. The molecule has 1 fully saturated rings. The predicted molar refractivity (Wildman–Crippen MR) is 118 cm³/mol. The number of thioether (sulfide) groups is 1. The summed E-state index contributed by atoms with van der Waals surface area (Å²) < 4.78 is 5.42. The minimum atomic E-state index is -0.221. The third kappa shape index (κ3) is 4.40. The number of benzene rings is 2. The third-order valence-electron chi connectivity index (χ3n) is 4.86. The van der Waals surface area contributed by atoms with Crippen molar-refractivity contribution in [3.8, 4) is 11.5 Å². The fourth-order valence-electron chi connectivity index (χ4n) is 3.37. The summed E-state index contributed by atoms with van der Waals surface area (Å²) in [5.41, 5.74) is 2.02. The van der Waals surface area contributed by atoms with Crippen molar-refractivity contribution in [3.05, 3.63) is 59.0 Å². The van der Waals surface area contributed by atoms with Crippen molar-refractivity contribution >= 4 is 34.6 Å². The van der Waals surface area contributed by atoms with E-state index in [0.717, 1.165) is 36.9 Å². The molecule has 150 valence electrons. The normalized spacial score (nSPS) is 18.3. The van der Waals surface area contributed by atoms with Crippen molar-refractivity contribution in [1.82, 2.24) is 4.90 Å². The molecule has 0 bridgehead atoms. The minimum absolute atomic E-state index is 0.0904. The van der Waals surface area contributed by atoms with Gasteiger partial charge < -0.3 is 19.6 Å². The molecule has 0 unspecified atom stereocenters. The minimum Gasteiger partial charge on any atom is -0.504 e. The van der Waals surface area contributed by atoms with Crippen molar-refractivity contribution in [2.45, 2.75) is 6.92 Å². The molecule has 2 aromatic carbocycles. The topological polar surface area (TPSA) is 65.4 Å². The molecule has 29 heavy (non-hydrogen) atoms. The number of carbonyl (C=O) groups is 1. The predicted octanol–water partition coefficient (Wildman–Crippen LogP) is 3.58. The van der Waals surface area contributed by atoms with E-state index >= 15 is 0 Å². The molecule has 6 nitrogen and oxygen atoms in total. The van der Waals surface area contributed by atoms with Gasteiger partial charge in [-0.1, -0.05) is 24.3 Å². The van der Waals surface area contributed by atoms with Gasteiger partial charge in [0.25, 0.3) is 5.91 Å². The van der Waals surface area contributed by atoms with E-state index in [1.165, 1.54) is 17.4 Å². The highest BCUT2D eigenvalue weighted by atomic mass is 32.2. The maximum atomic E-state index is 12.4. The van der Waals surface area contributed by atoms with Gasteiger partial charge in [-0.2, -0.15) is 4.99 Å². The molecule has 0 saturated carbocycles. The first-order chi connectivity index (χ1) is 14.1. The van der Waals surface area contributed by atoms with Gasteiger partial charge in [0.15, 0.2) is 16.7 Å². The van der Waals surface area contributed by atoms with Gasteiger partial charge in [0, 0.05) is 31.9 Å². The Kier molecular flexibility index (Phi) is 5.76. The molecule has 1 saturated heterocycles. The van der Waals surface area contributed by atoms with Gasteiger partial charge in [0.1, 0.15) is 0 Å². The second-order valence-corrected chi connectivity index (χ2v) is 7.79. The fourth-order valence-corrected chi connectivity index (χ4v) is 4.34. The van der Waals surface area contributed by atoms with Gasteiger partial charge in [0.05, 0.1) is 11.5 Å². The van der Waals surface area contributed by atoms with Crippen LogP contribution in [0.4, 0.5) is 5.69 Å². The van der Waals surface area contributed by atoms with Crippen LogP contribution in [0.5, 0.6) is 11.5 Å². The molecule has 2 heterocycles. The zero-order valence-corrected chi connectivity index (χ0v) is 17.1. The van der Waals surface area contributed by atoms with E-state index in [0.29, 0.717) is 17.3 Å². The smallest absolute Gasteiger partial charge is 0.286 e. The van der Waals surface area contributed by atoms with Crippen LogP contribution >= 0.6 is 11.8 Å². The van der Waals surface area contributed by atoms with Crippen molar-refractivity contribution in [1.29, 1.82) is 0 Å². The van der Waals surface area contributed by atoms with E-state index in [1.807, 2.05) is 13.0 Å². The van der Waals surface area contributed by atoms with Crippen molar-refractivity contribution in [3.63, 3.8) is 0 Å². The Morgan fingerprint density at radius 3 is 2.55 bits per heavy atom. The van der Waals surface area contributed by atoms with E-state index in [4.69, 9.17) is 4.74 Å². The molecular formula is C22H23N3O3S. The zero-order valence-electron chi connectivity index (χ0n) is 16.2. The molecule has 7 heteroatoms. The van der Waals surface area contributed by atoms with Crippen LogP contribution in [0, 0.1) is 0 Å². The number of anilines is 1. The quantitative estimate of drug-likeness (QED) is 0.779. The van der Waals surface area contributed by atoms with E-state index in [-0.39, 0.29) is 11.7 Å². The number of ether oxygens (including phenoxy) is 1. The maximum absolute atomic E-state index is 12.4. The van der Waals surface area contributed by atoms with Gasteiger partial charge in [0.2, 0.25) is 0 Å². The van der Waals surface area contributed by atoms with E-state index < -0.39 is 0 Å². The number of hydrogen-bond donors (Lipinski definition) is 1. The number of nitrogens with zero attached hydrogens (tertiary/aromatic N) is 3. The molecule has 2 aliphatic heterocycles. The number of amidine groups is 1. The SMILES string of the molecule is CCOc1cc(/C=C2\SC(N3CCN(c4ccccc4)CC3)=NC2=O)ccc1O. The van der Waals surface area contributed by atoms with Crippen LogP contribution in [0.2, 0.25) is 0 Å². The van der Waals surface area contributed by atoms with Gasteiger partial charge in [-0.05, 0) is 54.6 Å². The van der Waals surface area contributed by atoms with Crippen molar-refractivity contribution in [2.75, 3.05) is 37.7 Å². The van der Waals surface area contributed by atoms with E-state index in [2.05, 4.69) is 39.1 Å². The second kappa shape index (κ2) is 8.61. The lowest BCUT2D eigenvalue weighted by Gasteiger charge is -2.36. The maximum Gasteiger partial charge on any atom is 0.286 e. The van der Waals surface area contributed by atoms with Crippen LogP contribution in [-0.2, 0) is 4.79 Å². The third-order valence-corrected chi connectivity index (χ3v) is 5.91. The van der Waals surface area contributed by atoms with Crippen LogP contribution in [0.1, 0.15) is 12.5 Å². The molecule has 2 aromatic rings. The lowest BCUT2D eigenvalue weighted by molar-refractivity contribution is -0.113. The first-order valence-corrected chi connectivity index (χ1v) is 10.5. The average Bonchev–Trinajstić information content (AvgIpc) is 3.12. The standard InChI is InChI=1S/C22H23N3O3S/c1-2-28-19-14-16(8-9-18(19)26)15-20-21(27)23-22(29-20)25-12-10-24(11-13-25)17-6-4-3-5-7-17/h3-9,14-15,26H,2,10-13H2,1H3/b20-15-. The number of carbonyl (C=O) groups excluding carboxylic acids is 1. The summed E-state index contributed by atoms with van der Waals surface area (Å²) in [5.74, 6) is 0.282. The number of hydrogen-bond acceptors (Lipinski definition) is 6. The molecule has 0 radical (unpaired) electrons. The highest BCUT2D eigenvalue weighted by Gasteiger charge is 2.28. The van der Waals surface area contributed by atoms with Crippen LogP contribution in [0.3, 0.4) is 0 Å². The summed E-state index contributed by atoms with van der Waals surface area (Å²) in [6.07, 6.45) is 1.80. The Hall–Kier alpha value is -2.93. The van der Waals surface area contributed by atoms with Gasteiger partial charge in [-0.3, -0.25) is 4.79 Å². The molecule has 1 N–H and O–H groups in total. The monoisotopic (exact) mass is 409 g/mol. The number of amides is 1. The molecule has 4 rings (SSSR count). The summed E-state index contributed by atoms with van der Waals surface area (Å²) in [7, 11) is 0. The summed E-state index contributed by atoms with van der Waals surface area (Å²) in [4.78, 5) is 21.8. The van der Waals surface area contributed by atoms with Gasteiger partial charge in [-0.25, -0.2) is 0 Å². The highest BCUT2D eigenvalue weighted by molar-refractivity contribution is 8.18. The number of phenols is 1. The van der Waals surface area contributed by atoms with Gasteiger partial charge in [-0.15, -0.1) is 0 Å². The molecule has 0 spiro atoms. The molecule has 0 atom stereocenters. The van der Waals surface area contributed by atoms with Crippen LogP contribution < -0.4 is 9.64 Å². The Bertz CT molecular complexity index is 951. The Labute approximate surface area is 174 Å². The zero-order chi connectivity index (χ0) is 20.2. The number of rotatable bonds is 4. The number of phenolic OH excluding ortho intramolecular Hbond substituents is 1. The number of aromatic hydroxyl groups is 1. The molecule has 0 aliphatic carbocycles. The molecule has 2 aliphatic rings. The molecular weight excluding hydrogens is 386 g/mol. The van der Waals surface area contributed by atoms with Crippen molar-refractivity contribution in [2.24, 2.45) is 4.99 Å². The average molecular weight is 410 g/mol. The number of piperazine rings is 1. The van der Waals surface area contributed by atoms with E-state index in [9.17, 15) is 9.90 Å². The van der Waals surface area contributed by atoms with E-state index in [1.54, 1.807) is 24.3 Å². The first kappa shape index (κ1) is 19.4. The van der Waals surface area contributed by atoms with Gasteiger partial charge >= 0.3 is 0 Å². The lowest BCUT2D eigenvalue weighted by atomic mass is 10.2. The number of para-hydroxylation sites is 1. The fraction of sp³-hybridized carbons (Fsp3) is 0.273. The Morgan fingerprint density at radius 1 is 1.10 bits per heavy atom. The summed E-state index contributed by atoms with van der Waals surface area (Å²) >= 11 is 1.41. The summed E-state index contributed by atoms with van der Waals surface area (Å²) in [6, 6.07) is 15.4. The Morgan fingerprint density at radius 2 is 1.83 bits per heavy atom. The van der Waals surface area contributed by atoms with Crippen LogP contribution in [0.15, 0.2) is 58.4 Å².